The quantitative estimate of drug-likeness (QED) is 0.711. The molecule has 78 valence electrons. The Morgan fingerprint density at radius 3 is 2.69 bits per heavy atom. The van der Waals surface area contributed by atoms with Crippen LogP contribution in [0, 0.1) is 0 Å². The molecule has 1 N–H and O–H groups in total. The van der Waals surface area contributed by atoms with Crippen molar-refractivity contribution in [3.05, 3.63) is 0 Å². The second kappa shape index (κ2) is 3.95. The number of methoxy groups -OCH3 is 1. The number of hydrogen-bond donors (Lipinski definition) is 1. The molecule has 1 saturated heterocycles. The Labute approximate surface area is 80.7 Å². The first-order valence-corrected chi connectivity index (χ1v) is 4.93. The molecule has 1 fully saturated rings. The van der Waals surface area contributed by atoms with Crippen molar-refractivity contribution in [1.29, 1.82) is 0 Å². The summed E-state index contributed by atoms with van der Waals surface area (Å²) in [4.78, 5) is 2.32. The van der Waals surface area contributed by atoms with Gasteiger partial charge in [-0.1, -0.05) is 0 Å². The minimum absolute atomic E-state index is 0.0162. The van der Waals surface area contributed by atoms with Crippen molar-refractivity contribution in [2.24, 2.45) is 0 Å². The van der Waals surface area contributed by atoms with Gasteiger partial charge in [-0.25, -0.2) is 0 Å². The van der Waals surface area contributed by atoms with Gasteiger partial charge in [-0.3, -0.25) is 4.90 Å². The lowest BCUT2D eigenvalue weighted by Crippen LogP contribution is -2.48. The number of rotatable bonds is 3. The number of β-amino-alcohol motifs (C(OH)–C–C–N with tert-alkyl or cyclic N) is 1. The van der Waals surface area contributed by atoms with Gasteiger partial charge in [0, 0.05) is 25.2 Å². The molecule has 0 radical (unpaired) electrons. The Morgan fingerprint density at radius 1 is 1.62 bits per heavy atom. The van der Waals surface area contributed by atoms with Crippen LogP contribution in [0.3, 0.4) is 0 Å². The summed E-state index contributed by atoms with van der Waals surface area (Å²) in [5.74, 6) is 0. The molecule has 0 amide bonds. The molecule has 0 bridgehead atoms. The zero-order valence-corrected chi connectivity index (χ0v) is 9.08. The minimum atomic E-state index is -0.192. The second-order valence-electron chi connectivity index (χ2n) is 4.53. The number of aliphatic hydroxyl groups is 1. The number of likely N-dealkylation sites (tertiary alicyclic amines) is 1. The van der Waals surface area contributed by atoms with Gasteiger partial charge in [0.2, 0.25) is 0 Å². The van der Waals surface area contributed by atoms with Gasteiger partial charge >= 0.3 is 0 Å². The molecule has 0 unspecified atom stereocenters. The average Bonchev–Trinajstić information content (AvgIpc) is 2.26. The first-order valence-electron chi connectivity index (χ1n) is 4.93. The standard InChI is InChI=1S/C10H21NO2/c1-8(2)11-6-9(12)5-10(11,3)7-13-4/h8-9,12H,5-7H2,1-4H3/t9-,10+/m1/s1. The van der Waals surface area contributed by atoms with Gasteiger partial charge in [-0.2, -0.15) is 0 Å². The summed E-state index contributed by atoms with van der Waals surface area (Å²) in [6, 6.07) is 0.470. The van der Waals surface area contributed by atoms with Gasteiger partial charge in [-0.05, 0) is 27.2 Å². The molecule has 1 aliphatic rings. The van der Waals surface area contributed by atoms with Gasteiger partial charge in [-0.15, -0.1) is 0 Å². The third kappa shape index (κ3) is 2.22. The molecule has 3 heteroatoms. The highest BCUT2D eigenvalue weighted by Gasteiger charge is 2.42. The zero-order valence-electron chi connectivity index (χ0n) is 9.08. The summed E-state index contributed by atoms with van der Waals surface area (Å²) < 4.78 is 5.20. The van der Waals surface area contributed by atoms with E-state index in [1.807, 2.05) is 0 Å². The zero-order chi connectivity index (χ0) is 10.1. The molecule has 3 nitrogen and oxygen atoms in total. The van der Waals surface area contributed by atoms with E-state index in [0.717, 1.165) is 13.0 Å². The lowest BCUT2D eigenvalue weighted by molar-refractivity contribution is 0.0329. The Balaban J connectivity index is 2.69. The third-order valence-electron chi connectivity index (χ3n) is 2.85. The normalized spacial score (nSPS) is 36.0. The van der Waals surface area contributed by atoms with E-state index in [2.05, 4.69) is 25.7 Å². The molecule has 0 aromatic heterocycles. The summed E-state index contributed by atoms with van der Waals surface area (Å²) in [5.41, 5.74) is 0.0162. The topological polar surface area (TPSA) is 32.7 Å². The summed E-state index contributed by atoms with van der Waals surface area (Å²) in [6.07, 6.45) is 0.626. The highest BCUT2D eigenvalue weighted by atomic mass is 16.5. The maximum absolute atomic E-state index is 9.61. The first kappa shape index (κ1) is 11.0. The van der Waals surface area contributed by atoms with Gasteiger partial charge < -0.3 is 9.84 Å². The Kier molecular flexibility index (Phi) is 3.33. The van der Waals surface area contributed by atoms with Crippen molar-refractivity contribution in [1.82, 2.24) is 4.90 Å². The Morgan fingerprint density at radius 2 is 2.23 bits per heavy atom. The maximum Gasteiger partial charge on any atom is 0.0685 e. The second-order valence-corrected chi connectivity index (χ2v) is 4.53. The number of hydrogen-bond acceptors (Lipinski definition) is 3. The van der Waals surface area contributed by atoms with Gasteiger partial charge in [0.25, 0.3) is 0 Å². The van der Waals surface area contributed by atoms with Crippen LogP contribution in [0.2, 0.25) is 0 Å². The van der Waals surface area contributed by atoms with E-state index in [0.29, 0.717) is 12.6 Å². The molecule has 0 spiro atoms. The summed E-state index contributed by atoms with van der Waals surface area (Å²) in [5, 5.41) is 9.61. The summed E-state index contributed by atoms with van der Waals surface area (Å²) >= 11 is 0. The monoisotopic (exact) mass is 187 g/mol. The van der Waals surface area contributed by atoms with Crippen LogP contribution in [0.1, 0.15) is 27.2 Å². The minimum Gasteiger partial charge on any atom is -0.392 e. The highest BCUT2D eigenvalue weighted by Crippen LogP contribution is 2.31. The van der Waals surface area contributed by atoms with Crippen LogP contribution in [0.4, 0.5) is 0 Å². The van der Waals surface area contributed by atoms with E-state index in [4.69, 9.17) is 4.74 Å². The van der Waals surface area contributed by atoms with E-state index < -0.39 is 0 Å². The van der Waals surface area contributed by atoms with Crippen LogP contribution in [-0.4, -0.2) is 48.0 Å². The molecule has 0 aromatic rings. The van der Waals surface area contributed by atoms with E-state index >= 15 is 0 Å². The molecule has 13 heavy (non-hydrogen) atoms. The van der Waals surface area contributed by atoms with Crippen molar-refractivity contribution in [2.75, 3.05) is 20.3 Å². The lowest BCUT2D eigenvalue weighted by Gasteiger charge is -2.37. The SMILES string of the molecule is COC[C@]1(C)C[C@@H](O)CN1C(C)C. The van der Waals surface area contributed by atoms with Crippen molar-refractivity contribution < 1.29 is 9.84 Å². The number of nitrogens with zero attached hydrogens (tertiary/aromatic N) is 1. The van der Waals surface area contributed by atoms with Crippen LogP contribution in [0.5, 0.6) is 0 Å². The number of ether oxygens (including phenoxy) is 1. The Bertz CT molecular complexity index is 172. The highest BCUT2D eigenvalue weighted by molar-refractivity contribution is 4.97. The maximum atomic E-state index is 9.61. The largest absolute Gasteiger partial charge is 0.392 e. The van der Waals surface area contributed by atoms with E-state index in [9.17, 15) is 5.11 Å². The summed E-state index contributed by atoms with van der Waals surface area (Å²) in [7, 11) is 1.72. The lowest BCUT2D eigenvalue weighted by atomic mass is 9.98. The molecule has 2 atom stereocenters. The third-order valence-corrected chi connectivity index (χ3v) is 2.85. The van der Waals surface area contributed by atoms with Gasteiger partial charge in [0.1, 0.15) is 0 Å². The molecule has 0 aromatic carbocycles. The van der Waals surface area contributed by atoms with Crippen LogP contribution >= 0.6 is 0 Å². The van der Waals surface area contributed by atoms with Gasteiger partial charge in [0.05, 0.1) is 12.7 Å². The number of aliphatic hydroxyl groups excluding tert-OH is 1. The van der Waals surface area contributed by atoms with Crippen LogP contribution in [0.25, 0.3) is 0 Å². The molecule has 0 saturated carbocycles. The predicted molar refractivity (Wildman–Crippen MR) is 52.7 cm³/mol. The van der Waals surface area contributed by atoms with E-state index in [-0.39, 0.29) is 11.6 Å². The first-order chi connectivity index (χ1) is 5.99. The molecule has 1 rings (SSSR count). The van der Waals surface area contributed by atoms with Crippen LogP contribution in [-0.2, 0) is 4.74 Å². The molecule has 0 aliphatic carbocycles. The van der Waals surface area contributed by atoms with Crippen molar-refractivity contribution >= 4 is 0 Å². The molecular formula is C10H21NO2. The molecular weight excluding hydrogens is 166 g/mol. The van der Waals surface area contributed by atoms with Crippen molar-refractivity contribution in [3.8, 4) is 0 Å². The Hall–Kier alpha value is -0.120. The summed E-state index contributed by atoms with van der Waals surface area (Å²) in [6.45, 7) is 7.95. The van der Waals surface area contributed by atoms with Gasteiger partial charge in [0.15, 0.2) is 0 Å². The van der Waals surface area contributed by atoms with Crippen molar-refractivity contribution in [2.45, 2.75) is 44.9 Å². The fraction of sp³-hybridized carbons (Fsp3) is 1.00. The smallest absolute Gasteiger partial charge is 0.0685 e. The van der Waals surface area contributed by atoms with E-state index in [1.165, 1.54) is 0 Å². The van der Waals surface area contributed by atoms with Crippen LogP contribution < -0.4 is 0 Å². The fourth-order valence-corrected chi connectivity index (χ4v) is 2.42. The van der Waals surface area contributed by atoms with E-state index in [1.54, 1.807) is 7.11 Å². The van der Waals surface area contributed by atoms with Crippen molar-refractivity contribution in [3.63, 3.8) is 0 Å². The fourth-order valence-electron chi connectivity index (χ4n) is 2.42. The predicted octanol–water partition coefficient (Wildman–Crippen LogP) is 0.866. The average molecular weight is 187 g/mol. The molecule has 1 heterocycles. The van der Waals surface area contributed by atoms with Crippen LogP contribution in [0.15, 0.2) is 0 Å². The molecule has 1 aliphatic heterocycles.